The minimum absolute atomic E-state index is 0.744. The topological polar surface area (TPSA) is 11.3 Å². The van der Waals surface area contributed by atoms with Crippen LogP contribution in [0.15, 0.2) is 52.1 Å². The first-order valence-corrected chi connectivity index (χ1v) is 5.59. The number of allylic oxidation sites excluding steroid dienone is 1. The van der Waals surface area contributed by atoms with Crippen LogP contribution in [0.2, 0.25) is 0 Å². The van der Waals surface area contributed by atoms with Gasteiger partial charge in [-0.05, 0) is 24.4 Å². The van der Waals surface area contributed by atoms with Crippen LogP contribution in [-0.4, -0.2) is 0 Å². The number of rotatable bonds is 0. The van der Waals surface area contributed by atoms with Gasteiger partial charge in [0.2, 0.25) is 0 Å². The van der Waals surface area contributed by atoms with Crippen LogP contribution in [0.5, 0.6) is 0 Å². The van der Waals surface area contributed by atoms with E-state index in [-0.39, 0.29) is 0 Å². The van der Waals surface area contributed by atoms with Gasteiger partial charge in [-0.25, -0.2) is 4.42 Å². The van der Waals surface area contributed by atoms with Crippen LogP contribution >= 0.6 is 11.6 Å². The first-order valence-electron chi connectivity index (χ1n) is 5.15. The van der Waals surface area contributed by atoms with E-state index in [2.05, 4.69) is 24.3 Å². The van der Waals surface area contributed by atoms with Gasteiger partial charge >= 0.3 is 11.2 Å². The third-order valence-corrected chi connectivity index (χ3v) is 3.16. The number of hydrogen-bond donors (Lipinski definition) is 0. The van der Waals surface area contributed by atoms with Crippen molar-refractivity contribution < 1.29 is 0 Å². The van der Waals surface area contributed by atoms with Crippen LogP contribution in [0.1, 0.15) is 6.92 Å². The van der Waals surface area contributed by atoms with Gasteiger partial charge in [0, 0.05) is 0 Å². The average Bonchev–Trinajstić information content (AvgIpc) is 2.67. The molecule has 0 aliphatic carbocycles. The molecule has 3 rings (SSSR count). The van der Waals surface area contributed by atoms with Crippen LogP contribution < -0.4 is 10.6 Å². The third-order valence-electron chi connectivity index (χ3n) is 2.96. The Morgan fingerprint density at radius 2 is 1.94 bits per heavy atom. The number of halogens is 1. The summed E-state index contributed by atoms with van der Waals surface area (Å²) in [6, 6.07) is 12.4. The zero-order valence-electron chi connectivity index (χ0n) is 8.83. The molecule has 0 aromatic heterocycles. The van der Waals surface area contributed by atoms with E-state index in [4.69, 9.17) is 16.0 Å². The molecule has 1 nitrogen and oxygen atoms in total. The normalized spacial score (nSPS) is 16.6. The summed E-state index contributed by atoms with van der Waals surface area (Å²) < 4.78 is 5.77. The fourth-order valence-corrected chi connectivity index (χ4v) is 2.28. The average molecular weight is 230 g/mol. The third kappa shape index (κ3) is 1.22. The van der Waals surface area contributed by atoms with Crippen LogP contribution in [-0.2, 0) is 0 Å². The highest BCUT2D eigenvalue weighted by Gasteiger charge is 2.23. The molecular weight excluding hydrogens is 220 g/mol. The van der Waals surface area contributed by atoms with Crippen LogP contribution in [0.25, 0.3) is 16.3 Å². The van der Waals surface area contributed by atoms with Crippen molar-refractivity contribution in [3.63, 3.8) is 0 Å². The maximum absolute atomic E-state index is 5.77. The fourth-order valence-electron chi connectivity index (χ4n) is 2.07. The molecule has 78 valence electrons. The Hall–Kier alpha value is -1.60. The molecule has 0 spiro atoms. The lowest BCUT2D eigenvalue weighted by Gasteiger charge is -1.90. The Balaban J connectivity index is 2.59. The minimum Gasteiger partial charge on any atom is -0.205 e. The first-order chi connectivity index (χ1) is 7.81. The zero-order chi connectivity index (χ0) is 11.1. The van der Waals surface area contributed by atoms with Crippen molar-refractivity contribution in [1.29, 1.82) is 0 Å². The van der Waals surface area contributed by atoms with Crippen molar-refractivity contribution in [3.8, 4) is 0 Å². The summed E-state index contributed by atoms with van der Waals surface area (Å²) in [5, 5.41) is 3.45. The van der Waals surface area contributed by atoms with Gasteiger partial charge < -0.3 is 0 Å². The van der Waals surface area contributed by atoms with Crippen molar-refractivity contribution >= 4 is 27.9 Å². The molecule has 0 N–H and O–H groups in total. The summed E-state index contributed by atoms with van der Waals surface area (Å²) in [6.45, 7) is 2.02. The SMILES string of the molecule is CC1=c2ccc3ccccc3c2=[O+]/C1=C\Cl. The molecule has 0 unspecified atom stereocenters. The number of hydrogen-bond acceptors (Lipinski definition) is 0. The Labute approximate surface area is 98.0 Å². The highest BCUT2D eigenvalue weighted by atomic mass is 35.5. The molecule has 2 aromatic carbocycles. The first kappa shape index (κ1) is 9.61. The number of benzene rings is 2. The quantitative estimate of drug-likeness (QED) is 0.616. The predicted molar refractivity (Wildman–Crippen MR) is 68.5 cm³/mol. The van der Waals surface area contributed by atoms with Crippen molar-refractivity contribution in [2.24, 2.45) is 0 Å². The molecule has 1 aliphatic heterocycles. The van der Waals surface area contributed by atoms with Crippen molar-refractivity contribution in [1.82, 2.24) is 0 Å². The molecule has 0 bridgehead atoms. The molecule has 0 radical (unpaired) electrons. The molecule has 0 fully saturated rings. The van der Waals surface area contributed by atoms with E-state index >= 15 is 0 Å². The standard InChI is InChI=1S/C14H10ClO/c1-9-11-7-6-10-4-2-3-5-12(10)14(11)16-13(9)8-15/h2-8H,1H3/q+1/b13-8-. The summed E-state index contributed by atoms with van der Waals surface area (Å²) >= 11 is 5.74. The van der Waals surface area contributed by atoms with E-state index in [0.29, 0.717) is 0 Å². The highest BCUT2D eigenvalue weighted by molar-refractivity contribution is 6.26. The lowest BCUT2D eigenvalue weighted by Crippen LogP contribution is -2.23. The predicted octanol–water partition coefficient (Wildman–Crippen LogP) is 2.72. The van der Waals surface area contributed by atoms with Gasteiger partial charge in [0.05, 0.1) is 16.2 Å². The summed E-state index contributed by atoms with van der Waals surface area (Å²) in [6.07, 6.45) is 0. The minimum atomic E-state index is 0.744. The van der Waals surface area contributed by atoms with E-state index in [1.807, 2.05) is 19.1 Å². The second-order valence-electron chi connectivity index (χ2n) is 3.86. The van der Waals surface area contributed by atoms with Gasteiger partial charge in [0.25, 0.3) is 0 Å². The van der Waals surface area contributed by atoms with E-state index < -0.39 is 0 Å². The summed E-state index contributed by atoms with van der Waals surface area (Å²) in [4.78, 5) is 0. The maximum Gasteiger partial charge on any atom is 0.369 e. The van der Waals surface area contributed by atoms with Gasteiger partial charge in [-0.3, -0.25) is 0 Å². The van der Waals surface area contributed by atoms with Crippen molar-refractivity contribution in [2.75, 3.05) is 0 Å². The van der Waals surface area contributed by atoms with Gasteiger partial charge in [-0.1, -0.05) is 35.9 Å². The second kappa shape index (κ2) is 3.46. The second-order valence-corrected chi connectivity index (χ2v) is 4.08. The van der Waals surface area contributed by atoms with Crippen LogP contribution in [0.3, 0.4) is 0 Å². The fraction of sp³-hybridized carbons (Fsp3) is 0.0714. The number of fused-ring (bicyclic) bond motifs is 3. The van der Waals surface area contributed by atoms with Crippen molar-refractivity contribution in [3.05, 3.63) is 62.8 Å². The smallest absolute Gasteiger partial charge is 0.205 e. The van der Waals surface area contributed by atoms with Gasteiger partial charge in [0.1, 0.15) is 5.54 Å². The Kier molecular flexibility index (Phi) is 2.08. The maximum atomic E-state index is 5.77. The molecule has 2 aromatic rings. The monoisotopic (exact) mass is 229 g/mol. The highest BCUT2D eigenvalue weighted by Crippen LogP contribution is 2.16. The summed E-state index contributed by atoms with van der Waals surface area (Å²) in [5.74, 6) is 0.744. The Bertz CT molecular complexity index is 726. The Morgan fingerprint density at radius 1 is 1.12 bits per heavy atom. The molecular formula is C14H10ClO+. The molecule has 0 amide bonds. The molecule has 2 heteroatoms. The lowest BCUT2D eigenvalue weighted by atomic mass is 10.1. The van der Waals surface area contributed by atoms with Gasteiger partial charge in [0.15, 0.2) is 0 Å². The molecule has 0 saturated carbocycles. The van der Waals surface area contributed by atoms with E-state index in [1.165, 1.54) is 10.9 Å². The summed E-state index contributed by atoms with van der Waals surface area (Å²) in [7, 11) is 0. The largest absolute Gasteiger partial charge is 0.369 e. The van der Waals surface area contributed by atoms with Crippen LogP contribution in [0, 0.1) is 0 Å². The molecule has 0 atom stereocenters. The van der Waals surface area contributed by atoms with Crippen molar-refractivity contribution in [2.45, 2.75) is 6.92 Å². The van der Waals surface area contributed by atoms with E-state index in [9.17, 15) is 0 Å². The van der Waals surface area contributed by atoms with E-state index in [1.54, 1.807) is 0 Å². The zero-order valence-corrected chi connectivity index (χ0v) is 9.58. The molecule has 16 heavy (non-hydrogen) atoms. The molecule has 1 heterocycles. The molecule has 1 aliphatic rings. The Morgan fingerprint density at radius 3 is 2.75 bits per heavy atom. The van der Waals surface area contributed by atoms with Gasteiger partial charge in [-0.2, -0.15) is 0 Å². The molecule has 0 saturated heterocycles. The van der Waals surface area contributed by atoms with E-state index in [0.717, 1.165) is 27.4 Å². The summed E-state index contributed by atoms with van der Waals surface area (Å²) in [5.41, 5.74) is 3.50. The van der Waals surface area contributed by atoms with Gasteiger partial charge in [-0.15, -0.1) is 0 Å². The van der Waals surface area contributed by atoms with Crippen LogP contribution in [0.4, 0.5) is 0 Å². The lowest BCUT2D eigenvalue weighted by molar-refractivity contribution is 1.54.